The number of carbonyl (C=O) groups is 2. The van der Waals surface area contributed by atoms with Gasteiger partial charge in [-0.15, -0.1) is 11.3 Å². The summed E-state index contributed by atoms with van der Waals surface area (Å²) in [6.07, 6.45) is 3.14. The maximum Gasteiger partial charge on any atom is 0.341 e. The predicted molar refractivity (Wildman–Crippen MR) is 129 cm³/mol. The number of benzene rings is 1. The minimum atomic E-state index is -0.486. The van der Waals surface area contributed by atoms with Crippen molar-refractivity contribution < 1.29 is 14.3 Å². The lowest BCUT2D eigenvalue weighted by atomic mass is 9.88. The lowest BCUT2D eigenvalue weighted by Crippen LogP contribution is -2.34. The van der Waals surface area contributed by atoms with Crippen LogP contribution in [-0.4, -0.2) is 42.1 Å². The number of thiocarbonyl (C=S) groups is 1. The first-order valence-electron chi connectivity index (χ1n) is 10.6. The molecule has 1 aliphatic rings. The number of nitrogens with one attached hydrogen (secondary N) is 2. The van der Waals surface area contributed by atoms with Crippen LogP contribution >= 0.6 is 23.6 Å². The highest BCUT2D eigenvalue weighted by atomic mass is 32.1. The molecule has 6 nitrogen and oxygen atoms in total. The summed E-state index contributed by atoms with van der Waals surface area (Å²) in [5.41, 5.74) is 3.56. The van der Waals surface area contributed by atoms with Gasteiger partial charge in [-0.2, -0.15) is 0 Å². The highest BCUT2D eigenvalue weighted by molar-refractivity contribution is 7.80. The summed E-state index contributed by atoms with van der Waals surface area (Å²) in [6, 6.07) is 8.50. The number of amides is 1. The Kier molecular flexibility index (Phi) is 7.67. The Morgan fingerprint density at radius 2 is 1.97 bits per heavy atom. The molecule has 0 saturated heterocycles. The molecule has 31 heavy (non-hydrogen) atoms. The van der Waals surface area contributed by atoms with Crippen LogP contribution < -0.4 is 10.6 Å². The van der Waals surface area contributed by atoms with E-state index < -0.39 is 5.97 Å². The first-order valence-corrected chi connectivity index (χ1v) is 11.8. The monoisotopic (exact) mass is 459 g/mol. The van der Waals surface area contributed by atoms with Gasteiger partial charge in [-0.3, -0.25) is 4.79 Å². The summed E-state index contributed by atoms with van der Waals surface area (Å²) in [4.78, 5) is 27.7. The number of thiophene rings is 1. The van der Waals surface area contributed by atoms with Crippen molar-refractivity contribution in [3.63, 3.8) is 0 Å². The number of rotatable bonds is 6. The molecule has 1 heterocycles. The van der Waals surface area contributed by atoms with E-state index in [2.05, 4.69) is 28.8 Å². The quantitative estimate of drug-likeness (QED) is 0.482. The average molecular weight is 460 g/mol. The number of esters is 1. The van der Waals surface area contributed by atoms with Crippen LogP contribution in [0.5, 0.6) is 0 Å². The number of methoxy groups -OCH3 is 1. The molecule has 1 aliphatic carbocycles. The number of carbonyl (C=O) groups excluding carboxylic acids is 2. The molecule has 1 aromatic heterocycles. The Labute approximate surface area is 193 Å². The number of hydrogen-bond acceptors (Lipinski definition) is 5. The third kappa shape index (κ3) is 4.91. The van der Waals surface area contributed by atoms with E-state index in [9.17, 15) is 9.59 Å². The first-order chi connectivity index (χ1) is 14.9. The maximum atomic E-state index is 13.0. The van der Waals surface area contributed by atoms with Crippen LogP contribution in [0.25, 0.3) is 0 Å². The maximum absolute atomic E-state index is 13.0. The molecule has 2 N–H and O–H groups in total. The second-order valence-electron chi connectivity index (χ2n) is 7.47. The van der Waals surface area contributed by atoms with E-state index in [1.165, 1.54) is 29.6 Å². The van der Waals surface area contributed by atoms with E-state index in [1.807, 2.05) is 19.9 Å². The van der Waals surface area contributed by atoms with Gasteiger partial charge >= 0.3 is 5.97 Å². The number of anilines is 1. The number of aryl methyl sites for hydroxylation is 1. The number of fused-ring (bicyclic) bond motifs is 1. The molecular formula is C23H29N3O3S2. The van der Waals surface area contributed by atoms with Gasteiger partial charge in [-0.25, -0.2) is 4.79 Å². The summed E-state index contributed by atoms with van der Waals surface area (Å²) >= 11 is 6.82. The number of nitrogens with zero attached hydrogens (tertiary/aromatic N) is 1. The second kappa shape index (κ2) is 10.2. The van der Waals surface area contributed by atoms with Gasteiger partial charge in [0.25, 0.3) is 5.91 Å². The topological polar surface area (TPSA) is 70.7 Å². The second-order valence-corrected chi connectivity index (χ2v) is 8.90. The van der Waals surface area contributed by atoms with E-state index >= 15 is 0 Å². The van der Waals surface area contributed by atoms with Crippen LogP contribution in [0.15, 0.2) is 24.3 Å². The van der Waals surface area contributed by atoms with Crippen molar-refractivity contribution in [3.8, 4) is 0 Å². The lowest BCUT2D eigenvalue weighted by molar-refractivity contribution is 0.0601. The Morgan fingerprint density at radius 1 is 1.26 bits per heavy atom. The molecule has 1 amide bonds. The van der Waals surface area contributed by atoms with Crippen molar-refractivity contribution in [2.45, 2.75) is 46.1 Å². The zero-order valence-corrected chi connectivity index (χ0v) is 20.0. The minimum Gasteiger partial charge on any atom is -0.465 e. The van der Waals surface area contributed by atoms with Gasteiger partial charge in [0.1, 0.15) is 5.00 Å². The van der Waals surface area contributed by atoms with Crippen molar-refractivity contribution in [3.05, 3.63) is 51.4 Å². The SMILES string of the molecule is CCN(CC)C(=O)c1sc(NC(=S)N[C@H]2CCCc3ccccc32)c(C(=O)OC)c1C. The van der Waals surface area contributed by atoms with Gasteiger partial charge in [-0.1, -0.05) is 24.3 Å². The highest BCUT2D eigenvalue weighted by Gasteiger charge is 2.28. The fourth-order valence-corrected chi connectivity index (χ4v) is 5.49. The minimum absolute atomic E-state index is 0.0919. The van der Waals surface area contributed by atoms with Gasteiger partial charge < -0.3 is 20.3 Å². The molecule has 0 aliphatic heterocycles. The average Bonchev–Trinajstić information content (AvgIpc) is 3.09. The third-order valence-electron chi connectivity index (χ3n) is 5.68. The van der Waals surface area contributed by atoms with Crippen molar-refractivity contribution in [1.82, 2.24) is 10.2 Å². The third-order valence-corrected chi connectivity index (χ3v) is 7.10. The Morgan fingerprint density at radius 3 is 2.65 bits per heavy atom. The molecule has 0 bridgehead atoms. The van der Waals surface area contributed by atoms with Crippen molar-refractivity contribution in [2.24, 2.45) is 0 Å². The van der Waals surface area contributed by atoms with Crippen LogP contribution in [-0.2, 0) is 11.2 Å². The molecule has 8 heteroatoms. The molecule has 0 spiro atoms. The predicted octanol–water partition coefficient (Wildman–Crippen LogP) is 4.69. The largest absolute Gasteiger partial charge is 0.465 e. The summed E-state index contributed by atoms with van der Waals surface area (Å²) in [7, 11) is 1.34. The van der Waals surface area contributed by atoms with Gasteiger partial charge in [0, 0.05) is 13.1 Å². The molecule has 0 unspecified atom stereocenters. The molecule has 0 saturated carbocycles. The molecule has 0 radical (unpaired) electrons. The van der Waals surface area contributed by atoms with Crippen LogP contribution in [0.4, 0.5) is 5.00 Å². The van der Waals surface area contributed by atoms with Crippen LogP contribution in [0, 0.1) is 6.92 Å². The van der Waals surface area contributed by atoms with E-state index in [1.54, 1.807) is 11.8 Å². The van der Waals surface area contributed by atoms with E-state index in [0.29, 0.717) is 39.2 Å². The molecular weight excluding hydrogens is 430 g/mol. The van der Waals surface area contributed by atoms with Crippen molar-refractivity contribution >= 4 is 45.5 Å². The summed E-state index contributed by atoms with van der Waals surface area (Å²) in [5.74, 6) is -0.577. The normalized spacial score (nSPS) is 15.0. The van der Waals surface area contributed by atoms with Gasteiger partial charge in [-0.05, 0) is 68.9 Å². The summed E-state index contributed by atoms with van der Waals surface area (Å²) < 4.78 is 4.98. The molecule has 1 aromatic carbocycles. The fraction of sp³-hybridized carbons (Fsp3) is 0.435. The Hall–Kier alpha value is -2.45. The highest BCUT2D eigenvalue weighted by Crippen LogP contribution is 2.35. The van der Waals surface area contributed by atoms with Gasteiger partial charge in [0.15, 0.2) is 5.11 Å². The molecule has 0 fully saturated rings. The van der Waals surface area contributed by atoms with Crippen molar-refractivity contribution in [2.75, 3.05) is 25.5 Å². The van der Waals surface area contributed by atoms with Crippen molar-refractivity contribution in [1.29, 1.82) is 0 Å². The van der Waals surface area contributed by atoms with Gasteiger partial charge in [0.05, 0.1) is 23.6 Å². The van der Waals surface area contributed by atoms with Crippen LogP contribution in [0.1, 0.15) is 69.5 Å². The smallest absolute Gasteiger partial charge is 0.341 e. The molecule has 1 atom stereocenters. The Balaban J connectivity index is 1.85. The Bertz CT molecular complexity index is 982. The molecule has 166 valence electrons. The summed E-state index contributed by atoms with van der Waals surface area (Å²) in [6.45, 7) is 6.85. The van der Waals surface area contributed by atoms with Crippen LogP contribution in [0.2, 0.25) is 0 Å². The summed E-state index contributed by atoms with van der Waals surface area (Å²) in [5, 5.41) is 7.51. The van der Waals surface area contributed by atoms with Crippen LogP contribution in [0.3, 0.4) is 0 Å². The fourth-order valence-electron chi connectivity index (χ4n) is 4.01. The zero-order chi connectivity index (χ0) is 22.5. The standard InChI is InChI=1S/C23H29N3O3S2/c1-5-26(6-2)21(27)19-14(3)18(22(28)29-4)20(31-19)25-23(30)24-17-13-9-11-15-10-7-8-12-16(15)17/h7-8,10,12,17H,5-6,9,11,13H2,1-4H3,(H2,24,25,30)/t17-/m0/s1. The van der Waals surface area contributed by atoms with E-state index in [-0.39, 0.29) is 11.9 Å². The van der Waals surface area contributed by atoms with E-state index in [4.69, 9.17) is 17.0 Å². The number of hydrogen-bond donors (Lipinski definition) is 2. The molecule has 2 aromatic rings. The number of ether oxygens (including phenoxy) is 1. The first kappa shape index (κ1) is 23.2. The van der Waals surface area contributed by atoms with Gasteiger partial charge in [0.2, 0.25) is 0 Å². The lowest BCUT2D eigenvalue weighted by Gasteiger charge is -2.27. The zero-order valence-electron chi connectivity index (χ0n) is 18.4. The molecule has 3 rings (SSSR count). The van der Waals surface area contributed by atoms with E-state index in [0.717, 1.165) is 19.3 Å².